The van der Waals surface area contributed by atoms with Crippen LogP contribution in [0.3, 0.4) is 0 Å². The SMILES string of the molecule is CCC(Nc1c(Cl)cc(F)cc1Br)c1cc(Br)ccc1O. The topological polar surface area (TPSA) is 32.3 Å². The molecule has 0 fully saturated rings. The van der Waals surface area contributed by atoms with E-state index in [1.807, 2.05) is 13.0 Å². The highest BCUT2D eigenvalue weighted by atomic mass is 79.9. The van der Waals surface area contributed by atoms with Gasteiger partial charge in [0, 0.05) is 14.5 Å². The number of benzene rings is 2. The van der Waals surface area contributed by atoms with E-state index in [4.69, 9.17) is 11.6 Å². The Morgan fingerprint density at radius 2 is 2.00 bits per heavy atom. The minimum absolute atomic E-state index is 0.151. The van der Waals surface area contributed by atoms with E-state index in [1.165, 1.54) is 12.1 Å². The summed E-state index contributed by atoms with van der Waals surface area (Å²) < 4.78 is 14.7. The second-order valence-electron chi connectivity index (χ2n) is 4.55. The Morgan fingerprint density at radius 3 is 2.62 bits per heavy atom. The first-order valence-electron chi connectivity index (χ1n) is 6.31. The molecule has 0 bridgehead atoms. The van der Waals surface area contributed by atoms with E-state index in [2.05, 4.69) is 37.2 Å². The normalized spacial score (nSPS) is 12.2. The third-order valence-corrected chi connectivity index (χ3v) is 4.52. The molecule has 0 heterocycles. The van der Waals surface area contributed by atoms with Crippen LogP contribution in [0.2, 0.25) is 5.02 Å². The molecule has 0 radical (unpaired) electrons. The van der Waals surface area contributed by atoms with Crippen molar-refractivity contribution in [3.63, 3.8) is 0 Å². The summed E-state index contributed by atoms with van der Waals surface area (Å²) in [6.07, 6.45) is 0.726. The Balaban J connectivity index is 2.38. The summed E-state index contributed by atoms with van der Waals surface area (Å²) in [5.74, 6) is -0.206. The van der Waals surface area contributed by atoms with E-state index in [-0.39, 0.29) is 16.8 Å². The maximum atomic E-state index is 13.3. The van der Waals surface area contributed by atoms with Crippen LogP contribution in [0.5, 0.6) is 5.75 Å². The summed E-state index contributed by atoms with van der Waals surface area (Å²) in [7, 11) is 0. The quantitative estimate of drug-likeness (QED) is 0.591. The van der Waals surface area contributed by atoms with Crippen LogP contribution in [0.1, 0.15) is 24.9 Å². The molecule has 1 atom stereocenters. The highest BCUT2D eigenvalue weighted by Gasteiger charge is 2.17. The van der Waals surface area contributed by atoms with Gasteiger partial charge in [-0.2, -0.15) is 0 Å². The maximum absolute atomic E-state index is 13.3. The fourth-order valence-corrected chi connectivity index (χ4v) is 3.36. The summed E-state index contributed by atoms with van der Waals surface area (Å²) in [5, 5.41) is 13.6. The summed E-state index contributed by atoms with van der Waals surface area (Å²) in [5.41, 5.74) is 1.35. The summed E-state index contributed by atoms with van der Waals surface area (Å²) >= 11 is 12.8. The van der Waals surface area contributed by atoms with Gasteiger partial charge in [-0.25, -0.2) is 4.39 Å². The van der Waals surface area contributed by atoms with Crippen molar-refractivity contribution >= 4 is 49.1 Å². The van der Waals surface area contributed by atoms with E-state index < -0.39 is 5.82 Å². The van der Waals surface area contributed by atoms with Gasteiger partial charge in [0.15, 0.2) is 0 Å². The number of nitrogens with one attached hydrogen (secondary N) is 1. The molecule has 2 N–H and O–H groups in total. The minimum atomic E-state index is -0.407. The lowest BCUT2D eigenvalue weighted by Crippen LogP contribution is -2.11. The van der Waals surface area contributed by atoms with E-state index in [1.54, 1.807) is 12.1 Å². The van der Waals surface area contributed by atoms with E-state index >= 15 is 0 Å². The van der Waals surface area contributed by atoms with Crippen LogP contribution in [-0.2, 0) is 0 Å². The van der Waals surface area contributed by atoms with E-state index in [0.29, 0.717) is 10.2 Å². The van der Waals surface area contributed by atoms with Gasteiger partial charge in [0.1, 0.15) is 11.6 Å². The standard InChI is InChI=1S/C15H13Br2ClFNO/c1-2-13(10-5-8(16)3-4-14(10)21)20-15-11(17)6-9(19)7-12(15)18/h3-7,13,20-21H,2H2,1H3. The average Bonchev–Trinajstić information content (AvgIpc) is 2.41. The predicted octanol–water partition coefficient (Wildman–Crippen LogP) is 6.27. The van der Waals surface area contributed by atoms with Crippen molar-refractivity contribution in [3.8, 4) is 5.75 Å². The molecule has 6 heteroatoms. The molecule has 0 aliphatic rings. The van der Waals surface area contributed by atoms with Crippen molar-refractivity contribution < 1.29 is 9.50 Å². The van der Waals surface area contributed by atoms with Crippen LogP contribution in [-0.4, -0.2) is 5.11 Å². The largest absolute Gasteiger partial charge is 0.508 e. The van der Waals surface area contributed by atoms with Crippen molar-refractivity contribution in [1.29, 1.82) is 0 Å². The Morgan fingerprint density at radius 1 is 1.29 bits per heavy atom. The molecule has 2 aromatic carbocycles. The number of hydrogen-bond donors (Lipinski definition) is 2. The molecule has 0 amide bonds. The molecule has 0 aliphatic carbocycles. The fourth-order valence-electron chi connectivity index (χ4n) is 2.06. The van der Waals surface area contributed by atoms with Crippen LogP contribution in [0.25, 0.3) is 0 Å². The van der Waals surface area contributed by atoms with Crippen molar-refractivity contribution in [2.24, 2.45) is 0 Å². The van der Waals surface area contributed by atoms with Crippen molar-refractivity contribution in [2.45, 2.75) is 19.4 Å². The Hall–Kier alpha value is -0.780. The smallest absolute Gasteiger partial charge is 0.125 e. The molecule has 2 rings (SSSR count). The zero-order chi connectivity index (χ0) is 15.6. The first-order valence-corrected chi connectivity index (χ1v) is 8.28. The molecule has 0 aliphatic heterocycles. The van der Waals surface area contributed by atoms with Gasteiger partial charge in [0.2, 0.25) is 0 Å². The van der Waals surface area contributed by atoms with Gasteiger partial charge < -0.3 is 10.4 Å². The van der Waals surface area contributed by atoms with E-state index in [0.717, 1.165) is 16.5 Å². The van der Waals surface area contributed by atoms with Gasteiger partial charge in [0.25, 0.3) is 0 Å². The van der Waals surface area contributed by atoms with Crippen molar-refractivity contribution in [1.82, 2.24) is 0 Å². The van der Waals surface area contributed by atoms with Crippen LogP contribution in [0.4, 0.5) is 10.1 Å². The molecule has 2 nitrogen and oxygen atoms in total. The highest BCUT2D eigenvalue weighted by molar-refractivity contribution is 9.10. The predicted molar refractivity (Wildman–Crippen MR) is 91.6 cm³/mol. The van der Waals surface area contributed by atoms with Crippen LogP contribution < -0.4 is 5.32 Å². The third-order valence-electron chi connectivity index (χ3n) is 3.10. The molecular weight excluding hydrogens is 424 g/mol. The van der Waals surface area contributed by atoms with Crippen molar-refractivity contribution in [2.75, 3.05) is 5.32 Å². The van der Waals surface area contributed by atoms with E-state index in [9.17, 15) is 9.50 Å². The van der Waals surface area contributed by atoms with Gasteiger partial charge in [-0.05, 0) is 52.7 Å². The zero-order valence-corrected chi connectivity index (χ0v) is 15.1. The molecule has 0 saturated heterocycles. The number of anilines is 1. The molecular formula is C15H13Br2ClFNO. The maximum Gasteiger partial charge on any atom is 0.125 e. The molecule has 0 saturated carbocycles. The molecule has 112 valence electrons. The lowest BCUT2D eigenvalue weighted by atomic mass is 10.0. The zero-order valence-electron chi connectivity index (χ0n) is 11.1. The van der Waals surface area contributed by atoms with Gasteiger partial charge in [-0.1, -0.05) is 34.5 Å². The van der Waals surface area contributed by atoms with Crippen LogP contribution in [0, 0.1) is 5.82 Å². The minimum Gasteiger partial charge on any atom is -0.508 e. The van der Waals surface area contributed by atoms with Gasteiger partial charge in [-0.15, -0.1) is 0 Å². The molecule has 0 aromatic heterocycles. The molecule has 1 unspecified atom stereocenters. The first kappa shape index (κ1) is 16.6. The second kappa shape index (κ2) is 6.99. The number of rotatable bonds is 4. The lowest BCUT2D eigenvalue weighted by Gasteiger charge is -2.22. The number of hydrogen-bond acceptors (Lipinski definition) is 2. The molecule has 21 heavy (non-hydrogen) atoms. The van der Waals surface area contributed by atoms with Gasteiger partial charge in [-0.3, -0.25) is 0 Å². The summed E-state index contributed by atoms with van der Waals surface area (Å²) in [4.78, 5) is 0. The van der Waals surface area contributed by atoms with Gasteiger partial charge >= 0.3 is 0 Å². The third kappa shape index (κ3) is 3.90. The number of phenolic OH excluding ortho intramolecular Hbond substituents is 1. The number of halogens is 4. The summed E-state index contributed by atoms with van der Waals surface area (Å²) in [6.45, 7) is 1.99. The Kier molecular flexibility index (Phi) is 5.52. The van der Waals surface area contributed by atoms with Crippen molar-refractivity contribution in [3.05, 3.63) is 55.7 Å². The second-order valence-corrected chi connectivity index (χ2v) is 6.73. The number of phenols is 1. The first-order chi connectivity index (χ1) is 9.92. The van der Waals surface area contributed by atoms with Crippen LogP contribution >= 0.6 is 43.5 Å². The molecule has 2 aromatic rings. The Labute approximate surface area is 144 Å². The average molecular weight is 438 g/mol. The summed E-state index contributed by atoms with van der Waals surface area (Å²) in [6, 6.07) is 7.70. The highest BCUT2D eigenvalue weighted by Crippen LogP contribution is 2.37. The number of aromatic hydroxyl groups is 1. The fraction of sp³-hybridized carbons (Fsp3) is 0.200. The lowest BCUT2D eigenvalue weighted by molar-refractivity contribution is 0.462. The molecule has 0 spiro atoms. The van der Waals surface area contributed by atoms with Gasteiger partial charge in [0.05, 0.1) is 16.8 Å². The monoisotopic (exact) mass is 435 g/mol. The Bertz CT molecular complexity index is 643. The van der Waals surface area contributed by atoms with Crippen LogP contribution in [0.15, 0.2) is 39.3 Å².